The molecule has 2 rings (SSSR count). The lowest BCUT2D eigenvalue weighted by Gasteiger charge is -2.32. The summed E-state index contributed by atoms with van der Waals surface area (Å²) in [6.07, 6.45) is 8.66. The summed E-state index contributed by atoms with van der Waals surface area (Å²) < 4.78 is 0. The first-order chi connectivity index (χ1) is 8.05. The van der Waals surface area contributed by atoms with Gasteiger partial charge in [0.05, 0.1) is 0 Å². The summed E-state index contributed by atoms with van der Waals surface area (Å²) in [4.78, 5) is 2.62. The minimum Gasteiger partial charge on any atom is -0.312 e. The van der Waals surface area contributed by atoms with Gasteiger partial charge in [0.1, 0.15) is 0 Å². The first kappa shape index (κ1) is 13.4. The fraction of sp³-hybridized carbons (Fsp3) is 1.00. The maximum Gasteiger partial charge on any atom is 0.0207 e. The van der Waals surface area contributed by atoms with Gasteiger partial charge in [0.2, 0.25) is 0 Å². The molecule has 1 heterocycles. The smallest absolute Gasteiger partial charge is 0.0207 e. The highest BCUT2D eigenvalue weighted by atomic mass is 15.2. The Morgan fingerprint density at radius 3 is 2.35 bits per heavy atom. The molecule has 0 aromatic rings. The summed E-state index contributed by atoms with van der Waals surface area (Å²) in [6.45, 7) is 10.8. The Balaban J connectivity index is 1.67. The summed E-state index contributed by atoms with van der Waals surface area (Å²) in [5, 5.41) is 3.81. The Bertz CT molecular complexity index is 226. The summed E-state index contributed by atoms with van der Waals surface area (Å²) in [7, 11) is 0. The van der Waals surface area contributed by atoms with Crippen molar-refractivity contribution in [2.24, 2.45) is 5.92 Å². The molecular weight excluding hydrogens is 208 g/mol. The summed E-state index contributed by atoms with van der Waals surface area (Å²) in [5.41, 5.74) is 0.348. The second kappa shape index (κ2) is 5.71. The maximum absolute atomic E-state index is 3.81. The van der Waals surface area contributed by atoms with Crippen LogP contribution < -0.4 is 5.32 Å². The molecule has 2 nitrogen and oxygen atoms in total. The van der Waals surface area contributed by atoms with E-state index in [1.165, 1.54) is 58.2 Å². The van der Waals surface area contributed by atoms with E-state index in [1.54, 1.807) is 0 Å². The molecule has 100 valence electrons. The molecule has 0 aromatic carbocycles. The number of nitrogens with zero attached hydrogens (tertiary/aromatic N) is 1. The van der Waals surface area contributed by atoms with Crippen LogP contribution in [0, 0.1) is 5.92 Å². The molecule has 1 saturated carbocycles. The molecule has 2 heteroatoms. The van der Waals surface area contributed by atoms with Crippen molar-refractivity contribution in [3.8, 4) is 0 Å². The SMILES string of the molecule is CC(C)(C)N1CC[C@H](NCC2CCCCC2)C1. The first-order valence-corrected chi connectivity index (χ1v) is 7.54. The van der Waals surface area contributed by atoms with Crippen molar-refractivity contribution in [2.75, 3.05) is 19.6 Å². The Morgan fingerprint density at radius 1 is 1.06 bits per heavy atom. The highest BCUT2D eigenvalue weighted by molar-refractivity contribution is 4.88. The molecule has 1 saturated heterocycles. The Morgan fingerprint density at radius 2 is 1.76 bits per heavy atom. The molecule has 0 unspecified atom stereocenters. The Labute approximate surface area is 107 Å². The van der Waals surface area contributed by atoms with Crippen LogP contribution in [-0.2, 0) is 0 Å². The molecule has 0 amide bonds. The van der Waals surface area contributed by atoms with Crippen LogP contribution in [0.25, 0.3) is 0 Å². The van der Waals surface area contributed by atoms with Crippen LogP contribution in [0.1, 0.15) is 59.3 Å². The predicted molar refractivity (Wildman–Crippen MR) is 74.3 cm³/mol. The molecule has 1 atom stereocenters. The lowest BCUT2D eigenvalue weighted by atomic mass is 9.89. The van der Waals surface area contributed by atoms with Gasteiger partial charge in [-0.25, -0.2) is 0 Å². The molecule has 0 spiro atoms. The summed E-state index contributed by atoms with van der Waals surface area (Å²) in [5.74, 6) is 0.965. The van der Waals surface area contributed by atoms with Gasteiger partial charge >= 0.3 is 0 Å². The van der Waals surface area contributed by atoms with Gasteiger partial charge in [0.15, 0.2) is 0 Å². The third-order valence-corrected chi connectivity index (χ3v) is 4.56. The van der Waals surface area contributed by atoms with Crippen molar-refractivity contribution in [1.29, 1.82) is 0 Å². The van der Waals surface area contributed by atoms with Crippen molar-refractivity contribution in [3.63, 3.8) is 0 Å². The Hall–Kier alpha value is -0.0800. The lowest BCUT2D eigenvalue weighted by molar-refractivity contribution is 0.170. The quantitative estimate of drug-likeness (QED) is 0.813. The van der Waals surface area contributed by atoms with E-state index in [0.29, 0.717) is 5.54 Å². The zero-order chi connectivity index (χ0) is 12.3. The van der Waals surface area contributed by atoms with Gasteiger partial charge in [-0.3, -0.25) is 4.90 Å². The lowest BCUT2D eigenvalue weighted by Crippen LogP contribution is -2.42. The van der Waals surface area contributed by atoms with Crippen LogP contribution in [0.3, 0.4) is 0 Å². The highest BCUT2D eigenvalue weighted by Crippen LogP contribution is 2.24. The van der Waals surface area contributed by atoms with E-state index in [9.17, 15) is 0 Å². The fourth-order valence-electron chi connectivity index (χ4n) is 3.26. The number of likely N-dealkylation sites (tertiary alicyclic amines) is 1. The average Bonchev–Trinajstić information content (AvgIpc) is 2.76. The topological polar surface area (TPSA) is 15.3 Å². The van der Waals surface area contributed by atoms with Crippen LogP contribution in [0.2, 0.25) is 0 Å². The van der Waals surface area contributed by atoms with Crippen molar-refractivity contribution >= 4 is 0 Å². The molecule has 1 aliphatic heterocycles. The van der Waals surface area contributed by atoms with Crippen molar-refractivity contribution in [3.05, 3.63) is 0 Å². The van der Waals surface area contributed by atoms with Gasteiger partial charge in [-0.2, -0.15) is 0 Å². The largest absolute Gasteiger partial charge is 0.312 e. The first-order valence-electron chi connectivity index (χ1n) is 7.54. The monoisotopic (exact) mass is 238 g/mol. The number of nitrogens with one attached hydrogen (secondary N) is 1. The third-order valence-electron chi connectivity index (χ3n) is 4.56. The van der Waals surface area contributed by atoms with E-state index in [2.05, 4.69) is 31.0 Å². The van der Waals surface area contributed by atoms with E-state index in [-0.39, 0.29) is 0 Å². The second-order valence-corrected chi connectivity index (χ2v) is 7.01. The minimum absolute atomic E-state index is 0.348. The molecule has 0 radical (unpaired) electrons. The van der Waals surface area contributed by atoms with Gasteiger partial charge in [0.25, 0.3) is 0 Å². The molecule has 0 aromatic heterocycles. The van der Waals surface area contributed by atoms with Crippen LogP contribution in [0.15, 0.2) is 0 Å². The standard InChI is InChI=1S/C15H30N2/c1-15(2,3)17-10-9-14(12-17)16-11-13-7-5-4-6-8-13/h13-14,16H,4-12H2,1-3H3/t14-/m0/s1. The molecule has 1 aliphatic carbocycles. The normalized spacial score (nSPS) is 28.8. The number of hydrogen-bond acceptors (Lipinski definition) is 2. The third kappa shape index (κ3) is 3.96. The van der Waals surface area contributed by atoms with E-state index in [1.807, 2.05) is 0 Å². The van der Waals surface area contributed by atoms with Crippen molar-refractivity contribution < 1.29 is 0 Å². The zero-order valence-electron chi connectivity index (χ0n) is 12.0. The van der Waals surface area contributed by atoms with Gasteiger partial charge < -0.3 is 5.32 Å². The number of hydrogen-bond donors (Lipinski definition) is 1. The minimum atomic E-state index is 0.348. The predicted octanol–water partition coefficient (Wildman–Crippen LogP) is 3.03. The molecule has 1 N–H and O–H groups in total. The van der Waals surface area contributed by atoms with Crippen LogP contribution in [0.5, 0.6) is 0 Å². The van der Waals surface area contributed by atoms with E-state index in [0.717, 1.165) is 12.0 Å². The van der Waals surface area contributed by atoms with Crippen molar-refractivity contribution in [1.82, 2.24) is 10.2 Å². The second-order valence-electron chi connectivity index (χ2n) is 7.01. The molecule has 2 aliphatic rings. The highest BCUT2D eigenvalue weighted by Gasteiger charge is 2.30. The van der Waals surface area contributed by atoms with Gasteiger partial charge in [0, 0.05) is 24.7 Å². The zero-order valence-corrected chi connectivity index (χ0v) is 12.0. The van der Waals surface area contributed by atoms with Crippen LogP contribution >= 0.6 is 0 Å². The molecule has 0 bridgehead atoms. The average molecular weight is 238 g/mol. The maximum atomic E-state index is 3.81. The van der Waals surface area contributed by atoms with Gasteiger partial charge in [-0.05, 0) is 52.5 Å². The summed E-state index contributed by atoms with van der Waals surface area (Å²) >= 11 is 0. The molecule has 17 heavy (non-hydrogen) atoms. The molecular formula is C15H30N2. The van der Waals surface area contributed by atoms with E-state index >= 15 is 0 Å². The Kier molecular flexibility index (Phi) is 4.48. The van der Waals surface area contributed by atoms with E-state index < -0.39 is 0 Å². The molecule has 2 fully saturated rings. The van der Waals surface area contributed by atoms with Crippen LogP contribution in [0.4, 0.5) is 0 Å². The van der Waals surface area contributed by atoms with E-state index in [4.69, 9.17) is 0 Å². The fourth-order valence-corrected chi connectivity index (χ4v) is 3.26. The van der Waals surface area contributed by atoms with Gasteiger partial charge in [-0.1, -0.05) is 19.3 Å². The van der Waals surface area contributed by atoms with Crippen molar-refractivity contribution in [2.45, 2.75) is 70.9 Å². The number of rotatable bonds is 3. The van der Waals surface area contributed by atoms with Crippen LogP contribution in [-0.4, -0.2) is 36.1 Å². The van der Waals surface area contributed by atoms with Gasteiger partial charge in [-0.15, -0.1) is 0 Å². The summed E-state index contributed by atoms with van der Waals surface area (Å²) in [6, 6.07) is 0.746.